The third-order valence-electron chi connectivity index (χ3n) is 5.32. The number of ether oxygens (including phenoxy) is 1. The van der Waals surface area contributed by atoms with Gasteiger partial charge in [0.25, 0.3) is 5.56 Å². The molecule has 6 nitrogen and oxygen atoms in total. The Labute approximate surface area is 173 Å². The lowest BCUT2D eigenvalue weighted by Gasteiger charge is -2.37. The Bertz CT molecular complexity index is 1280. The lowest BCUT2D eigenvalue weighted by atomic mass is 10.0. The van der Waals surface area contributed by atoms with Crippen LogP contribution in [0.25, 0.3) is 10.9 Å². The number of carbonyl (C=O) groups is 1. The standard InChI is InChI=1S/C24H19N3O3/c28-23(14-26-16-25-19-11-5-4-10-18(19)24(26)29)27-20-12-6-7-13-22(20)30-15-21(27)17-8-2-1-3-9-17/h1-13,16,21H,14-15H2/t21-/m0/s1. The molecule has 1 aliphatic heterocycles. The van der Waals surface area contributed by atoms with Crippen molar-refractivity contribution in [3.05, 3.63) is 101 Å². The topological polar surface area (TPSA) is 64.4 Å². The van der Waals surface area contributed by atoms with E-state index in [1.54, 1.807) is 23.1 Å². The number of rotatable bonds is 3. The molecule has 0 saturated carbocycles. The van der Waals surface area contributed by atoms with Gasteiger partial charge in [0.15, 0.2) is 0 Å². The third-order valence-corrected chi connectivity index (χ3v) is 5.32. The van der Waals surface area contributed by atoms with Crippen LogP contribution >= 0.6 is 0 Å². The van der Waals surface area contributed by atoms with Crippen LogP contribution in [0.15, 0.2) is 90.0 Å². The summed E-state index contributed by atoms with van der Waals surface area (Å²) in [6, 6.07) is 24.1. The molecule has 6 heteroatoms. The van der Waals surface area contributed by atoms with Crippen LogP contribution in [0.1, 0.15) is 11.6 Å². The quantitative estimate of drug-likeness (QED) is 0.530. The van der Waals surface area contributed by atoms with Crippen molar-refractivity contribution in [1.82, 2.24) is 9.55 Å². The lowest BCUT2D eigenvalue weighted by molar-refractivity contribution is -0.120. The molecule has 3 aromatic carbocycles. The van der Waals surface area contributed by atoms with Crippen LogP contribution in [0, 0.1) is 0 Å². The maximum atomic E-state index is 13.5. The number of nitrogens with zero attached hydrogens (tertiary/aromatic N) is 3. The summed E-state index contributed by atoms with van der Waals surface area (Å²) in [6.45, 7) is 0.242. The Hall–Kier alpha value is -3.93. The number of fused-ring (bicyclic) bond motifs is 2. The first-order valence-electron chi connectivity index (χ1n) is 9.75. The fourth-order valence-corrected chi connectivity index (χ4v) is 3.86. The van der Waals surface area contributed by atoms with Crippen LogP contribution in [0.4, 0.5) is 5.69 Å². The van der Waals surface area contributed by atoms with Crippen molar-refractivity contribution in [3.8, 4) is 5.75 Å². The van der Waals surface area contributed by atoms with Crippen LogP contribution in [0.2, 0.25) is 0 Å². The number of para-hydroxylation sites is 3. The van der Waals surface area contributed by atoms with Crippen LogP contribution < -0.4 is 15.2 Å². The second-order valence-electron chi connectivity index (χ2n) is 7.16. The minimum Gasteiger partial charge on any atom is -0.489 e. The first-order chi connectivity index (χ1) is 14.7. The number of benzene rings is 3. The van der Waals surface area contributed by atoms with Crippen molar-refractivity contribution in [2.75, 3.05) is 11.5 Å². The van der Waals surface area contributed by atoms with E-state index in [4.69, 9.17) is 4.74 Å². The first-order valence-corrected chi connectivity index (χ1v) is 9.75. The number of anilines is 1. The van der Waals surface area contributed by atoms with Crippen molar-refractivity contribution in [2.24, 2.45) is 0 Å². The van der Waals surface area contributed by atoms with Gasteiger partial charge >= 0.3 is 0 Å². The Morgan fingerprint density at radius 2 is 1.70 bits per heavy atom. The Balaban J connectivity index is 1.55. The Morgan fingerprint density at radius 3 is 2.57 bits per heavy atom. The van der Waals surface area contributed by atoms with Crippen molar-refractivity contribution in [2.45, 2.75) is 12.6 Å². The van der Waals surface area contributed by atoms with Gasteiger partial charge in [-0.05, 0) is 29.8 Å². The monoisotopic (exact) mass is 397 g/mol. The van der Waals surface area contributed by atoms with Gasteiger partial charge in [-0.1, -0.05) is 54.6 Å². The molecule has 30 heavy (non-hydrogen) atoms. The van der Waals surface area contributed by atoms with E-state index >= 15 is 0 Å². The number of hydrogen-bond donors (Lipinski definition) is 0. The maximum Gasteiger partial charge on any atom is 0.261 e. The van der Waals surface area contributed by atoms with Crippen LogP contribution in [0.3, 0.4) is 0 Å². The molecule has 2 heterocycles. The molecule has 0 N–H and O–H groups in total. The average molecular weight is 397 g/mol. The van der Waals surface area contributed by atoms with E-state index in [1.165, 1.54) is 10.9 Å². The molecule has 5 rings (SSSR count). The Morgan fingerprint density at radius 1 is 0.967 bits per heavy atom. The molecule has 0 bridgehead atoms. The van der Waals surface area contributed by atoms with E-state index in [-0.39, 0.29) is 24.1 Å². The SMILES string of the molecule is O=C(Cn1cnc2ccccc2c1=O)N1c2ccccc2OC[C@H]1c1ccccc1. The fourth-order valence-electron chi connectivity index (χ4n) is 3.86. The number of carbonyl (C=O) groups excluding carboxylic acids is 1. The summed E-state index contributed by atoms with van der Waals surface area (Å²) in [7, 11) is 0. The van der Waals surface area contributed by atoms with E-state index in [0.29, 0.717) is 28.9 Å². The smallest absolute Gasteiger partial charge is 0.261 e. The normalized spacial score (nSPS) is 15.5. The van der Waals surface area contributed by atoms with E-state index in [2.05, 4.69) is 4.98 Å². The highest BCUT2D eigenvalue weighted by molar-refractivity contribution is 5.96. The molecule has 1 atom stereocenters. The summed E-state index contributed by atoms with van der Waals surface area (Å²) >= 11 is 0. The molecule has 0 saturated heterocycles. The molecule has 148 valence electrons. The molecular formula is C24H19N3O3. The van der Waals surface area contributed by atoms with Crippen molar-refractivity contribution >= 4 is 22.5 Å². The molecule has 0 aliphatic carbocycles. The second kappa shape index (κ2) is 7.48. The molecule has 0 fully saturated rings. The van der Waals surface area contributed by atoms with Gasteiger partial charge < -0.3 is 4.74 Å². The third kappa shape index (κ3) is 3.12. The number of hydrogen-bond acceptors (Lipinski definition) is 4. The number of amides is 1. The zero-order valence-electron chi connectivity index (χ0n) is 16.1. The van der Waals surface area contributed by atoms with Gasteiger partial charge in [0, 0.05) is 0 Å². The van der Waals surface area contributed by atoms with Crippen LogP contribution in [-0.2, 0) is 11.3 Å². The van der Waals surface area contributed by atoms with E-state index < -0.39 is 0 Å². The second-order valence-corrected chi connectivity index (χ2v) is 7.16. The molecule has 4 aromatic rings. The van der Waals surface area contributed by atoms with Crippen molar-refractivity contribution < 1.29 is 9.53 Å². The highest BCUT2D eigenvalue weighted by Crippen LogP contribution is 2.39. The van der Waals surface area contributed by atoms with Crippen molar-refractivity contribution in [3.63, 3.8) is 0 Å². The first kappa shape index (κ1) is 18.1. The summed E-state index contributed by atoms with van der Waals surface area (Å²) in [6.07, 6.45) is 1.44. The largest absolute Gasteiger partial charge is 0.489 e. The predicted octanol–water partition coefficient (Wildman–Crippen LogP) is 3.56. The van der Waals surface area contributed by atoms with Gasteiger partial charge in [-0.3, -0.25) is 19.1 Å². The van der Waals surface area contributed by atoms with Gasteiger partial charge in [-0.2, -0.15) is 0 Å². The van der Waals surface area contributed by atoms with E-state index in [1.807, 2.05) is 60.7 Å². The number of aromatic nitrogens is 2. The molecular weight excluding hydrogens is 378 g/mol. The van der Waals surface area contributed by atoms with Crippen LogP contribution in [0.5, 0.6) is 5.75 Å². The van der Waals surface area contributed by atoms with E-state index in [0.717, 1.165) is 5.56 Å². The minimum atomic E-state index is -0.280. The lowest BCUT2D eigenvalue weighted by Crippen LogP contribution is -2.43. The molecule has 1 aromatic heterocycles. The van der Waals surface area contributed by atoms with Gasteiger partial charge in [0.1, 0.15) is 18.9 Å². The van der Waals surface area contributed by atoms with Gasteiger partial charge in [-0.25, -0.2) is 4.98 Å². The molecule has 0 spiro atoms. The van der Waals surface area contributed by atoms with Crippen LogP contribution in [-0.4, -0.2) is 22.1 Å². The summed E-state index contributed by atoms with van der Waals surface area (Å²) in [5.41, 5.74) is 2.06. The van der Waals surface area contributed by atoms with Gasteiger partial charge in [-0.15, -0.1) is 0 Å². The predicted molar refractivity (Wildman–Crippen MR) is 115 cm³/mol. The molecule has 1 amide bonds. The van der Waals surface area contributed by atoms with Gasteiger partial charge in [0.2, 0.25) is 5.91 Å². The zero-order chi connectivity index (χ0) is 20.5. The zero-order valence-corrected chi connectivity index (χ0v) is 16.1. The highest BCUT2D eigenvalue weighted by Gasteiger charge is 2.33. The minimum absolute atomic E-state index is 0.103. The molecule has 1 aliphatic rings. The summed E-state index contributed by atoms with van der Waals surface area (Å²) in [5.74, 6) is 0.459. The summed E-state index contributed by atoms with van der Waals surface area (Å²) < 4.78 is 7.29. The molecule has 0 unspecified atom stereocenters. The Kier molecular flexibility index (Phi) is 4.52. The average Bonchev–Trinajstić information content (AvgIpc) is 2.81. The molecule has 0 radical (unpaired) electrons. The van der Waals surface area contributed by atoms with E-state index in [9.17, 15) is 9.59 Å². The highest BCUT2D eigenvalue weighted by atomic mass is 16.5. The maximum absolute atomic E-state index is 13.5. The summed E-state index contributed by atoms with van der Waals surface area (Å²) in [5, 5.41) is 0.495. The summed E-state index contributed by atoms with van der Waals surface area (Å²) in [4.78, 5) is 32.4. The fraction of sp³-hybridized carbons (Fsp3) is 0.125. The van der Waals surface area contributed by atoms with Crippen molar-refractivity contribution in [1.29, 1.82) is 0 Å². The van der Waals surface area contributed by atoms with Gasteiger partial charge in [0.05, 0.1) is 29.0 Å².